The number of nitrogens with two attached hydrogens (primary N) is 1. The molecule has 104 valence electrons. The van der Waals surface area contributed by atoms with E-state index in [9.17, 15) is 0 Å². The zero-order valence-corrected chi connectivity index (χ0v) is 12.4. The van der Waals surface area contributed by atoms with Gasteiger partial charge in [-0.05, 0) is 27.2 Å². The lowest BCUT2D eigenvalue weighted by Gasteiger charge is -2.21. The van der Waals surface area contributed by atoms with Crippen LogP contribution >= 0.6 is 0 Å². The lowest BCUT2D eigenvalue weighted by Crippen LogP contribution is -2.34. The first-order valence-electron chi connectivity index (χ1n) is 6.71. The molecule has 3 N–H and O–H groups in total. The maximum absolute atomic E-state index is 6.31. The van der Waals surface area contributed by atoms with E-state index in [1.807, 2.05) is 31.8 Å². The van der Waals surface area contributed by atoms with Crippen molar-refractivity contribution in [1.82, 2.24) is 19.7 Å². The van der Waals surface area contributed by atoms with Crippen LogP contribution in [0.1, 0.15) is 43.9 Å². The minimum atomic E-state index is -0.406. The van der Waals surface area contributed by atoms with E-state index in [-0.39, 0.29) is 0 Å². The van der Waals surface area contributed by atoms with Crippen LogP contribution in [-0.2, 0) is 12.6 Å². The summed E-state index contributed by atoms with van der Waals surface area (Å²) in [4.78, 5) is 7.82. The molecule has 0 aliphatic rings. The molecular formula is C14H23N5. The summed E-state index contributed by atoms with van der Waals surface area (Å²) in [7, 11) is 1.95. The highest BCUT2D eigenvalue weighted by atomic mass is 15.3. The lowest BCUT2D eigenvalue weighted by molar-refractivity contribution is 0.423. The number of aromatic amines is 1. The van der Waals surface area contributed by atoms with Crippen LogP contribution < -0.4 is 5.73 Å². The summed E-state index contributed by atoms with van der Waals surface area (Å²) in [6.07, 6.45) is 3.80. The number of nitrogens with zero attached hydrogens (tertiary/aromatic N) is 3. The molecule has 2 aromatic heterocycles. The van der Waals surface area contributed by atoms with Gasteiger partial charge in [0, 0.05) is 18.3 Å². The molecule has 0 radical (unpaired) electrons. The Balaban J connectivity index is 2.41. The molecule has 0 fully saturated rings. The Morgan fingerprint density at radius 3 is 2.63 bits per heavy atom. The number of hydrogen-bond acceptors (Lipinski definition) is 3. The van der Waals surface area contributed by atoms with E-state index >= 15 is 0 Å². The van der Waals surface area contributed by atoms with Crippen LogP contribution in [0, 0.1) is 13.8 Å². The molecule has 0 amide bonds. The van der Waals surface area contributed by atoms with E-state index < -0.39 is 5.54 Å². The average molecular weight is 261 g/mol. The fourth-order valence-electron chi connectivity index (χ4n) is 2.54. The van der Waals surface area contributed by atoms with Crippen molar-refractivity contribution in [2.24, 2.45) is 12.8 Å². The Morgan fingerprint density at radius 1 is 1.42 bits per heavy atom. The molecule has 0 spiro atoms. The Labute approximate surface area is 114 Å². The highest BCUT2D eigenvalue weighted by Crippen LogP contribution is 2.28. The van der Waals surface area contributed by atoms with Crippen LogP contribution in [-0.4, -0.2) is 19.7 Å². The third kappa shape index (κ3) is 2.42. The zero-order chi connectivity index (χ0) is 14.2. The minimum absolute atomic E-state index is 0.406. The second-order valence-corrected chi connectivity index (χ2v) is 5.48. The number of aryl methyl sites for hydroxylation is 2. The highest BCUT2D eigenvalue weighted by molar-refractivity contribution is 5.64. The molecule has 0 saturated carbocycles. The molecule has 1 atom stereocenters. The first-order chi connectivity index (χ1) is 8.86. The molecule has 1 unspecified atom stereocenters. The molecule has 0 aliphatic heterocycles. The van der Waals surface area contributed by atoms with Gasteiger partial charge in [0.1, 0.15) is 5.82 Å². The van der Waals surface area contributed by atoms with Gasteiger partial charge >= 0.3 is 0 Å². The summed E-state index contributed by atoms with van der Waals surface area (Å²) in [6.45, 7) is 8.21. The van der Waals surface area contributed by atoms with Crippen molar-refractivity contribution in [3.05, 3.63) is 23.4 Å². The van der Waals surface area contributed by atoms with Gasteiger partial charge in [-0.25, -0.2) is 4.98 Å². The number of hydrogen-bond donors (Lipinski definition) is 2. The third-order valence-electron chi connectivity index (χ3n) is 3.66. The Hall–Kier alpha value is -1.62. The van der Waals surface area contributed by atoms with Crippen LogP contribution in [0.2, 0.25) is 0 Å². The SMILES string of the molecule is CCCC(C)(N)c1ncc(-c2c(C)nn(C)c2C)[nH]1. The minimum Gasteiger partial charge on any atom is -0.340 e. The highest BCUT2D eigenvalue weighted by Gasteiger charge is 2.24. The summed E-state index contributed by atoms with van der Waals surface area (Å²) in [5.74, 6) is 0.840. The monoisotopic (exact) mass is 261 g/mol. The summed E-state index contributed by atoms with van der Waals surface area (Å²) in [5.41, 5.74) is 10.1. The average Bonchev–Trinajstić information content (AvgIpc) is 2.86. The molecule has 2 rings (SSSR count). The molecule has 2 aromatic rings. The fourth-order valence-corrected chi connectivity index (χ4v) is 2.54. The molecule has 0 bridgehead atoms. The third-order valence-corrected chi connectivity index (χ3v) is 3.66. The maximum atomic E-state index is 6.31. The Morgan fingerprint density at radius 2 is 2.11 bits per heavy atom. The van der Waals surface area contributed by atoms with Gasteiger partial charge in [-0.2, -0.15) is 5.10 Å². The van der Waals surface area contributed by atoms with E-state index in [0.29, 0.717) is 0 Å². The van der Waals surface area contributed by atoms with Crippen molar-refractivity contribution >= 4 is 0 Å². The first-order valence-corrected chi connectivity index (χ1v) is 6.71. The van der Waals surface area contributed by atoms with Gasteiger partial charge in [0.05, 0.1) is 23.1 Å². The van der Waals surface area contributed by atoms with Gasteiger partial charge in [-0.3, -0.25) is 4.68 Å². The summed E-state index contributed by atoms with van der Waals surface area (Å²) in [5, 5.41) is 4.43. The quantitative estimate of drug-likeness (QED) is 0.887. The number of nitrogens with one attached hydrogen (secondary N) is 1. The van der Waals surface area contributed by atoms with Crippen molar-refractivity contribution in [3.8, 4) is 11.3 Å². The van der Waals surface area contributed by atoms with Crippen molar-refractivity contribution in [1.29, 1.82) is 0 Å². The standard InChI is InChI=1S/C14H23N5/c1-6-7-14(4,15)13-16-8-11(17-13)12-9(2)18-19(5)10(12)3/h8H,6-7,15H2,1-5H3,(H,16,17). The second kappa shape index (κ2) is 4.81. The van der Waals surface area contributed by atoms with Crippen molar-refractivity contribution in [2.45, 2.75) is 46.1 Å². The van der Waals surface area contributed by atoms with E-state index in [0.717, 1.165) is 41.3 Å². The molecule has 0 aliphatic carbocycles. The van der Waals surface area contributed by atoms with Crippen LogP contribution in [0.5, 0.6) is 0 Å². The van der Waals surface area contributed by atoms with Crippen molar-refractivity contribution in [3.63, 3.8) is 0 Å². The van der Waals surface area contributed by atoms with Gasteiger partial charge in [0.25, 0.3) is 0 Å². The van der Waals surface area contributed by atoms with Gasteiger partial charge in [0.15, 0.2) is 0 Å². The molecule has 5 nitrogen and oxygen atoms in total. The Bertz CT molecular complexity index is 577. The zero-order valence-electron chi connectivity index (χ0n) is 12.4. The van der Waals surface area contributed by atoms with Gasteiger partial charge in [0.2, 0.25) is 0 Å². The predicted octanol–water partition coefficient (Wildman–Crippen LogP) is 2.40. The van der Waals surface area contributed by atoms with E-state index in [4.69, 9.17) is 5.73 Å². The van der Waals surface area contributed by atoms with Crippen LogP contribution in [0.4, 0.5) is 0 Å². The van der Waals surface area contributed by atoms with Crippen LogP contribution in [0.25, 0.3) is 11.3 Å². The summed E-state index contributed by atoms with van der Waals surface area (Å²) < 4.78 is 1.89. The van der Waals surface area contributed by atoms with Crippen LogP contribution in [0.15, 0.2) is 6.20 Å². The largest absolute Gasteiger partial charge is 0.340 e. The maximum Gasteiger partial charge on any atom is 0.126 e. The predicted molar refractivity (Wildman–Crippen MR) is 76.7 cm³/mol. The van der Waals surface area contributed by atoms with Gasteiger partial charge < -0.3 is 10.7 Å². The normalized spacial score (nSPS) is 14.6. The molecule has 0 aromatic carbocycles. The number of rotatable bonds is 4. The van der Waals surface area contributed by atoms with E-state index in [2.05, 4.69) is 28.9 Å². The molecule has 2 heterocycles. The molecule has 5 heteroatoms. The first kappa shape index (κ1) is 13.8. The number of imidazole rings is 1. The van der Waals surface area contributed by atoms with Gasteiger partial charge in [-0.1, -0.05) is 13.3 Å². The Kier molecular flexibility index (Phi) is 3.49. The molecular weight excluding hydrogens is 238 g/mol. The summed E-state index contributed by atoms with van der Waals surface area (Å²) in [6, 6.07) is 0. The summed E-state index contributed by atoms with van der Waals surface area (Å²) >= 11 is 0. The van der Waals surface area contributed by atoms with E-state index in [1.54, 1.807) is 0 Å². The van der Waals surface area contributed by atoms with Gasteiger partial charge in [-0.15, -0.1) is 0 Å². The molecule has 0 saturated heterocycles. The molecule has 19 heavy (non-hydrogen) atoms. The number of aromatic nitrogens is 4. The topological polar surface area (TPSA) is 72.5 Å². The smallest absolute Gasteiger partial charge is 0.126 e. The fraction of sp³-hybridized carbons (Fsp3) is 0.571. The second-order valence-electron chi connectivity index (χ2n) is 5.48. The van der Waals surface area contributed by atoms with Crippen molar-refractivity contribution < 1.29 is 0 Å². The number of H-pyrrole nitrogens is 1. The van der Waals surface area contributed by atoms with Crippen molar-refractivity contribution in [2.75, 3.05) is 0 Å². The lowest BCUT2D eigenvalue weighted by atomic mass is 9.97. The van der Waals surface area contributed by atoms with E-state index in [1.165, 1.54) is 0 Å². The van der Waals surface area contributed by atoms with Crippen LogP contribution in [0.3, 0.4) is 0 Å².